The summed E-state index contributed by atoms with van der Waals surface area (Å²) >= 11 is 1.19. The fourth-order valence-electron chi connectivity index (χ4n) is 2.30. The van der Waals surface area contributed by atoms with Crippen LogP contribution in [0.3, 0.4) is 0 Å². The topological polar surface area (TPSA) is 37.4 Å². The molecule has 0 unspecified atom stereocenters. The van der Waals surface area contributed by atoms with E-state index in [1.54, 1.807) is 6.08 Å². The molecule has 0 radical (unpaired) electrons. The van der Waals surface area contributed by atoms with Gasteiger partial charge in [0.15, 0.2) is 0 Å². The van der Waals surface area contributed by atoms with Crippen LogP contribution in [0.25, 0.3) is 17.2 Å². The van der Waals surface area contributed by atoms with Gasteiger partial charge >= 0.3 is 0 Å². The zero-order chi connectivity index (χ0) is 15.4. The van der Waals surface area contributed by atoms with Gasteiger partial charge in [0.05, 0.1) is 0 Å². The second kappa shape index (κ2) is 6.62. The molecule has 0 N–H and O–H groups in total. The van der Waals surface area contributed by atoms with Gasteiger partial charge in [-0.3, -0.25) is 14.5 Å². The van der Waals surface area contributed by atoms with Crippen LogP contribution in [0.5, 0.6) is 0 Å². The van der Waals surface area contributed by atoms with Crippen LogP contribution < -0.4 is 0 Å². The zero-order valence-corrected chi connectivity index (χ0v) is 12.8. The molecule has 22 heavy (non-hydrogen) atoms. The molecule has 3 rings (SSSR count). The van der Waals surface area contributed by atoms with E-state index in [1.165, 1.54) is 22.7 Å². The van der Waals surface area contributed by atoms with Crippen LogP contribution in [0.4, 0.5) is 4.79 Å². The maximum absolute atomic E-state index is 12.0. The third-order valence-electron chi connectivity index (χ3n) is 3.44. The van der Waals surface area contributed by atoms with Crippen LogP contribution in [0.15, 0.2) is 60.7 Å². The molecule has 2 amide bonds. The monoisotopic (exact) mass is 309 g/mol. The van der Waals surface area contributed by atoms with Crippen molar-refractivity contribution in [2.24, 2.45) is 0 Å². The zero-order valence-electron chi connectivity index (χ0n) is 11.9. The van der Waals surface area contributed by atoms with E-state index in [4.69, 9.17) is 0 Å². The van der Waals surface area contributed by atoms with Gasteiger partial charge in [-0.2, -0.15) is 0 Å². The fourth-order valence-corrected chi connectivity index (χ4v) is 3.09. The normalized spacial score (nSPS) is 14.7. The summed E-state index contributed by atoms with van der Waals surface area (Å²) in [6, 6.07) is 18.0. The molecular formula is C18H15NO2S. The van der Waals surface area contributed by atoms with E-state index >= 15 is 0 Å². The molecule has 1 fully saturated rings. The van der Waals surface area contributed by atoms with Crippen LogP contribution >= 0.6 is 11.8 Å². The standard InChI is InChI=1S/C18H15NO2S/c20-17(19-11-12-22-18(19)21)10-9-14-5-4-8-16(13-14)15-6-2-1-3-7-15/h1-10,13H,11-12H2. The second-order valence-corrected chi connectivity index (χ2v) is 5.98. The lowest BCUT2D eigenvalue weighted by Crippen LogP contribution is -2.28. The minimum Gasteiger partial charge on any atom is -0.269 e. The van der Waals surface area contributed by atoms with Gasteiger partial charge in [0.25, 0.3) is 11.1 Å². The van der Waals surface area contributed by atoms with Gasteiger partial charge in [-0.15, -0.1) is 0 Å². The number of benzene rings is 2. The third-order valence-corrected chi connectivity index (χ3v) is 4.29. The second-order valence-electron chi connectivity index (χ2n) is 4.93. The van der Waals surface area contributed by atoms with Crippen molar-refractivity contribution in [1.29, 1.82) is 0 Å². The Morgan fingerprint density at radius 2 is 1.82 bits per heavy atom. The molecule has 3 nitrogen and oxygen atoms in total. The lowest BCUT2D eigenvalue weighted by atomic mass is 10.0. The highest BCUT2D eigenvalue weighted by molar-refractivity contribution is 8.13. The maximum Gasteiger partial charge on any atom is 0.288 e. The summed E-state index contributed by atoms with van der Waals surface area (Å²) in [4.78, 5) is 24.8. The molecule has 2 aromatic rings. The quantitative estimate of drug-likeness (QED) is 0.802. The Morgan fingerprint density at radius 3 is 2.55 bits per heavy atom. The minimum atomic E-state index is -0.250. The molecule has 1 heterocycles. The highest BCUT2D eigenvalue weighted by Crippen LogP contribution is 2.21. The van der Waals surface area contributed by atoms with E-state index < -0.39 is 0 Å². The van der Waals surface area contributed by atoms with Gasteiger partial charge in [-0.05, 0) is 28.8 Å². The average Bonchev–Trinajstić information content (AvgIpc) is 3.00. The van der Waals surface area contributed by atoms with Crippen molar-refractivity contribution in [2.75, 3.05) is 12.3 Å². The number of hydrogen-bond acceptors (Lipinski definition) is 3. The predicted molar refractivity (Wildman–Crippen MR) is 90.5 cm³/mol. The first kappa shape index (κ1) is 14.6. The summed E-state index contributed by atoms with van der Waals surface area (Å²) in [5.74, 6) is 0.433. The Morgan fingerprint density at radius 1 is 1.05 bits per heavy atom. The van der Waals surface area contributed by atoms with Crippen LogP contribution in [-0.4, -0.2) is 28.3 Å². The minimum absolute atomic E-state index is 0.160. The fraction of sp³-hybridized carbons (Fsp3) is 0.111. The largest absolute Gasteiger partial charge is 0.288 e. The Kier molecular flexibility index (Phi) is 4.39. The molecule has 0 bridgehead atoms. The van der Waals surface area contributed by atoms with Crippen molar-refractivity contribution in [1.82, 2.24) is 4.90 Å². The van der Waals surface area contributed by atoms with E-state index in [-0.39, 0.29) is 11.1 Å². The molecule has 2 aromatic carbocycles. The average molecular weight is 309 g/mol. The predicted octanol–water partition coefficient (Wildman–Crippen LogP) is 4.06. The lowest BCUT2D eigenvalue weighted by molar-refractivity contribution is -0.122. The van der Waals surface area contributed by atoms with Gasteiger partial charge in [0.2, 0.25) is 0 Å². The van der Waals surface area contributed by atoms with Gasteiger partial charge < -0.3 is 0 Å². The number of amides is 2. The number of carbonyl (C=O) groups is 2. The molecule has 0 aromatic heterocycles. The molecule has 0 atom stereocenters. The summed E-state index contributed by atoms with van der Waals surface area (Å²) in [5.41, 5.74) is 3.17. The van der Waals surface area contributed by atoms with Crippen LogP contribution in [0.2, 0.25) is 0 Å². The first-order valence-electron chi connectivity index (χ1n) is 7.06. The Balaban J connectivity index is 1.77. The van der Waals surface area contributed by atoms with Crippen molar-refractivity contribution < 1.29 is 9.59 Å². The smallest absolute Gasteiger partial charge is 0.269 e. The Labute approximate surface area is 133 Å². The highest BCUT2D eigenvalue weighted by Gasteiger charge is 2.25. The van der Waals surface area contributed by atoms with Gasteiger partial charge in [0, 0.05) is 18.4 Å². The van der Waals surface area contributed by atoms with E-state index in [2.05, 4.69) is 0 Å². The van der Waals surface area contributed by atoms with Gasteiger partial charge in [-0.25, -0.2) is 0 Å². The number of carbonyl (C=O) groups excluding carboxylic acids is 2. The molecule has 0 spiro atoms. The summed E-state index contributed by atoms with van der Waals surface area (Å²) in [6.45, 7) is 0.497. The SMILES string of the molecule is O=C(C=Cc1cccc(-c2ccccc2)c1)N1CCSC1=O. The number of rotatable bonds is 3. The number of thioether (sulfide) groups is 1. The van der Waals surface area contributed by atoms with Gasteiger partial charge in [0.1, 0.15) is 0 Å². The van der Waals surface area contributed by atoms with Crippen molar-refractivity contribution >= 4 is 29.0 Å². The van der Waals surface area contributed by atoms with Crippen LogP contribution in [-0.2, 0) is 4.79 Å². The maximum atomic E-state index is 12.0. The van der Waals surface area contributed by atoms with Crippen LogP contribution in [0, 0.1) is 0 Å². The Hall–Kier alpha value is -2.33. The lowest BCUT2D eigenvalue weighted by Gasteiger charge is -2.08. The summed E-state index contributed by atoms with van der Waals surface area (Å²) in [5, 5.41) is -0.160. The van der Waals surface area contributed by atoms with E-state index in [1.807, 2.05) is 54.6 Å². The van der Waals surface area contributed by atoms with Crippen molar-refractivity contribution in [3.8, 4) is 11.1 Å². The summed E-state index contributed by atoms with van der Waals surface area (Å²) in [6.07, 6.45) is 3.22. The molecule has 0 saturated carbocycles. The van der Waals surface area contributed by atoms with Crippen molar-refractivity contribution in [3.05, 3.63) is 66.2 Å². The molecule has 1 aliphatic heterocycles. The Bertz CT molecular complexity index is 725. The molecule has 1 saturated heterocycles. The van der Waals surface area contributed by atoms with Crippen molar-refractivity contribution in [3.63, 3.8) is 0 Å². The van der Waals surface area contributed by atoms with Crippen molar-refractivity contribution in [2.45, 2.75) is 0 Å². The molecule has 4 heteroatoms. The van der Waals surface area contributed by atoms with E-state index in [0.29, 0.717) is 12.3 Å². The highest BCUT2D eigenvalue weighted by atomic mass is 32.2. The summed E-state index contributed by atoms with van der Waals surface area (Å²) in [7, 11) is 0. The molecular weight excluding hydrogens is 294 g/mol. The molecule has 110 valence electrons. The van der Waals surface area contributed by atoms with E-state index in [9.17, 15) is 9.59 Å². The first-order valence-corrected chi connectivity index (χ1v) is 8.04. The number of nitrogens with zero attached hydrogens (tertiary/aromatic N) is 1. The number of hydrogen-bond donors (Lipinski definition) is 0. The molecule has 1 aliphatic rings. The third kappa shape index (κ3) is 3.28. The van der Waals surface area contributed by atoms with Crippen LogP contribution in [0.1, 0.15) is 5.56 Å². The first-order chi connectivity index (χ1) is 10.7. The summed E-state index contributed by atoms with van der Waals surface area (Å²) < 4.78 is 0. The van der Waals surface area contributed by atoms with Gasteiger partial charge in [-0.1, -0.05) is 60.3 Å². The number of imide groups is 1. The van der Waals surface area contributed by atoms with E-state index in [0.717, 1.165) is 16.7 Å². The molecule has 0 aliphatic carbocycles.